The van der Waals surface area contributed by atoms with Gasteiger partial charge >= 0.3 is 0 Å². The summed E-state index contributed by atoms with van der Waals surface area (Å²) < 4.78 is 2.80. The molecule has 0 aliphatic rings. The van der Waals surface area contributed by atoms with Crippen molar-refractivity contribution >= 4 is 33.3 Å². The average molecular weight is 317 g/mol. The summed E-state index contributed by atoms with van der Waals surface area (Å²) in [6.45, 7) is 3.46. The number of hydrogen-bond acceptors (Lipinski definition) is 4. The topological polar surface area (TPSA) is 55.6 Å². The SMILES string of the molecule is CCn1cnnc1CNc1ncc(Cl)cc1Br. The predicted molar refractivity (Wildman–Crippen MR) is 70.0 cm³/mol. The van der Waals surface area contributed by atoms with Crippen LogP contribution >= 0.6 is 27.5 Å². The van der Waals surface area contributed by atoms with E-state index in [-0.39, 0.29) is 0 Å². The van der Waals surface area contributed by atoms with Gasteiger partial charge in [-0.2, -0.15) is 0 Å². The largest absolute Gasteiger partial charge is 0.362 e. The Morgan fingerprint density at radius 1 is 1.53 bits per heavy atom. The highest BCUT2D eigenvalue weighted by Crippen LogP contribution is 2.23. The van der Waals surface area contributed by atoms with Crippen LogP contribution in [0.2, 0.25) is 5.02 Å². The van der Waals surface area contributed by atoms with Crippen LogP contribution in [0.4, 0.5) is 5.82 Å². The van der Waals surface area contributed by atoms with Crippen LogP contribution in [-0.4, -0.2) is 19.7 Å². The van der Waals surface area contributed by atoms with Gasteiger partial charge in [0.1, 0.15) is 12.1 Å². The first-order chi connectivity index (χ1) is 8.20. The summed E-state index contributed by atoms with van der Waals surface area (Å²) in [6, 6.07) is 1.79. The summed E-state index contributed by atoms with van der Waals surface area (Å²) in [5.41, 5.74) is 0. The molecule has 0 bridgehead atoms. The van der Waals surface area contributed by atoms with Crippen LogP contribution in [0.15, 0.2) is 23.1 Å². The monoisotopic (exact) mass is 315 g/mol. The average Bonchev–Trinajstić information content (AvgIpc) is 2.75. The van der Waals surface area contributed by atoms with Crippen molar-refractivity contribution in [3.63, 3.8) is 0 Å². The highest BCUT2D eigenvalue weighted by molar-refractivity contribution is 9.10. The van der Waals surface area contributed by atoms with Crippen molar-refractivity contribution in [1.29, 1.82) is 0 Å². The number of halogens is 2. The van der Waals surface area contributed by atoms with E-state index in [1.165, 1.54) is 0 Å². The molecular formula is C10H11BrClN5. The Labute approximate surface area is 112 Å². The molecule has 0 saturated carbocycles. The van der Waals surface area contributed by atoms with Gasteiger partial charge in [-0.3, -0.25) is 0 Å². The van der Waals surface area contributed by atoms with Gasteiger partial charge in [0, 0.05) is 12.7 Å². The molecule has 0 radical (unpaired) electrons. The smallest absolute Gasteiger partial charge is 0.152 e. The quantitative estimate of drug-likeness (QED) is 0.942. The van der Waals surface area contributed by atoms with E-state index in [0.717, 1.165) is 22.7 Å². The Hall–Kier alpha value is -1.14. The molecule has 0 amide bonds. The van der Waals surface area contributed by atoms with E-state index >= 15 is 0 Å². The van der Waals surface area contributed by atoms with Gasteiger partial charge in [0.25, 0.3) is 0 Å². The zero-order valence-corrected chi connectivity index (χ0v) is 11.5. The molecule has 0 aliphatic carbocycles. The highest BCUT2D eigenvalue weighted by atomic mass is 79.9. The number of aromatic nitrogens is 4. The Morgan fingerprint density at radius 2 is 2.35 bits per heavy atom. The zero-order valence-electron chi connectivity index (χ0n) is 9.19. The first kappa shape index (κ1) is 12.3. The lowest BCUT2D eigenvalue weighted by atomic mass is 10.4. The first-order valence-electron chi connectivity index (χ1n) is 5.12. The normalized spacial score (nSPS) is 10.5. The summed E-state index contributed by atoms with van der Waals surface area (Å²) in [4.78, 5) is 4.19. The molecule has 0 atom stereocenters. The zero-order chi connectivity index (χ0) is 12.3. The third-order valence-electron chi connectivity index (χ3n) is 2.26. The summed E-state index contributed by atoms with van der Waals surface area (Å²) in [5.74, 6) is 1.61. The van der Waals surface area contributed by atoms with E-state index in [9.17, 15) is 0 Å². The van der Waals surface area contributed by atoms with Crippen molar-refractivity contribution in [2.24, 2.45) is 0 Å². The maximum absolute atomic E-state index is 5.82. The molecule has 2 rings (SSSR count). The summed E-state index contributed by atoms with van der Waals surface area (Å²) in [5, 5.41) is 11.7. The molecular weight excluding hydrogens is 306 g/mol. The highest BCUT2D eigenvalue weighted by Gasteiger charge is 2.05. The summed E-state index contributed by atoms with van der Waals surface area (Å²) >= 11 is 9.21. The predicted octanol–water partition coefficient (Wildman–Crippen LogP) is 2.72. The molecule has 0 fully saturated rings. The van der Waals surface area contributed by atoms with Crippen molar-refractivity contribution in [3.8, 4) is 0 Å². The van der Waals surface area contributed by atoms with Gasteiger partial charge in [-0.15, -0.1) is 10.2 Å². The van der Waals surface area contributed by atoms with E-state index < -0.39 is 0 Å². The van der Waals surface area contributed by atoms with E-state index in [4.69, 9.17) is 11.6 Å². The minimum Gasteiger partial charge on any atom is -0.362 e. The fourth-order valence-corrected chi connectivity index (χ4v) is 2.17. The molecule has 0 spiro atoms. The number of rotatable bonds is 4. The molecule has 0 unspecified atom stereocenters. The van der Waals surface area contributed by atoms with E-state index in [1.807, 2.05) is 11.5 Å². The lowest BCUT2D eigenvalue weighted by molar-refractivity contribution is 0.707. The molecule has 2 heterocycles. The van der Waals surface area contributed by atoms with Crippen molar-refractivity contribution in [2.45, 2.75) is 20.0 Å². The molecule has 17 heavy (non-hydrogen) atoms. The number of nitrogens with zero attached hydrogens (tertiary/aromatic N) is 4. The minimum absolute atomic E-state index is 0.571. The Morgan fingerprint density at radius 3 is 3.06 bits per heavy atom. The van der Waals surface area contributed by atoms with Gasteiger partial charge in [0.15, 0.2) is 5.82 Å². The lowest BCUT2D eigenvalue weighted by Gasteiger charge is -2.07. The fraction of sp³-hybridized carbons (Fsp3) is 0.300. The van der Waals surface area contributed by atoms with Crippen LogP contribution in [0.5, 0.6) is 0 Å². The Balaban J connectivity index is 2.07. The molecule has 90 valence electrons. The van der Waals surface area contributed by atoms with Crippen molar-refractivity contribution < 1.29 is 0 Å². The second kappa shape index (κ2) is 5.46. The molecule has 7 heteroatoms. The molecule has 2 aromatic heterocycles. The summed E-state index contributed by atoms with van der Waals surface area (Å²) in [6.07, 6.45) is 3.31. The third kappa shape index (κ3) is 2.95. The number of pyridine rings is 1. The van der Waals surface area contributed by atoms with Crippen LogP contribution in [-0.2, 0) is 13.1 Å². The number of hydrogen-bond donors (Lipinski definition) is 1. The van der Waals surface area contributed by atoms with Crippen LogP contribution in [0.1, 0.15) is 12.7 Å². The van der Waals surface area contributed by atoms with Crippen LogP contribution in [0, 0.1) is 0 Å². The van der Waals surface area contributed by atoms with E-state index in [1.54, 1.807) is 18.6 Å². The maximum Gasteiger partial charge on any atom is 0.152 e. The van der Waals surface area contributed by atoms with Gasteiger partial charge < -0.3 is 9.88 Å². The van der Waals surface area contributed by atoms with Crippen LogP contribution < -0.4 is 5.32 Å². The first-order valence-corrected chi connectivity index (χ1v) is 6.29. The van der Waals surface area contributed by atoms with Gasteiger partial charge in [-0.05, 0) is 28.9 Å². The van der Waals surface area contributed by atoms with Crippen LogP contribution in [0.3, 0.4) is 0 Å². The summed E-state index contributed by atoms with van der Waals surface area (Å²) in [7, 11) is 0. The van der Waals surface area contributed by atoms with Crippen molar-refractivity contribution in [2.75, 3.05) is 5.32 Å². The van der Waals surface area contributed by atoms with E-state index in [0.29, 0.717) is 11.6 Å². The molecule has 2 aromatic rings. The van der Waals surface area contributed by atoms with Gasteiger partial charge in [0.05, 0.1) is 16.0 Å². The second-order valence-corrected chi connectivity index (χ2v) is 4.66. The molecule has 0 saturated heterocycles. The number of nitrogens with one attached hydrogen (secondary N) is 1. The standard InChI is InChI=1S/C10H11BrClN5/c1-2-17-6-15-16-9(17)5-14-10-8(11)3-7(12)4-13-10/h3-4,6H,2,5H2,1H3,(H,13,14). The minimum atomic E-state index is 0.571. The molecule has 0 aliphatic heterocycles. The van der Waals surface area contributed by atoms with Gasteiger partial charge in [-0.25, -0.2) is 4.98 Å². The van der Waals surface area contributed by atoms with Crippen molar-refractivity contribution in [3.05, 3.63) is 33.9 Å². The van der Waals surface area contributed by atoms with E-state index in [2.05, 4.69) is 36.4 Å². The third-order valence-corrected chi connectivity index (χ3v) is 3.07. The van der Waals surface area contributed by atoms with Gasteiger partial charge in [0.2, 0.25) is 0 Å². The Kier molecular flexibility index (Phi) is 3.96. The number of aryl methyl sites for hydroxylation is 1. The fourth-order valence-electron chi connectivity index (χ4n) is 1.39. The Bertz CT molecular complexity index is 513. The maximum atomic E-state index is 5.82. The molecule has 0 aromatic carbocycles. The molecule has 1 N–H and O–H groups in total. The number of anilines is 1. The molecule has 5 nitrogen and oxygen atoms in total. The van der Waals surface area contributed by atoms with Crippen LogP contribution in [0.25, 0.3) is 0 Å². The lowest BCUT2D eigenvalue weighted by Crippen LogP contribution is -2.08. The van der Waals surface area contributed by atoms with Crippen molar-refractivity contribution in [1.82, 2.24) is 19.7 Å². The second-order valence-electron chi connectivity index (χ2n) is 3.37. The van der Waals surface area contributed by atoms with Gasteiger partial charge in [-0.1, -0.05) is 11.6 Å².